The number of methoxy groups -OCH3 is 2. The third kappa shape index (κ3) is 6.32. The van der Waals surface area contributed by atoms with E-state index in [4.69, 9.17) is 14.7 Å². The molecule has 0 amide bonds. The molecule has 0 radical (unpaired) electrons. The number of carbonyl (C=O) groups excluding carboxylic acids is 1. The van der Waals surface area contributed by atoms with Crippen LogP contribution in [0.25, 0.3) is 0 Å². The van der Waals surface area contributed by atoms with Gasteiger partial charge in [-0.2, -0.15) is 5.26 Å². The van der Waals surface area contributed by atoms with Crippen LogP contribution in [0.5, 0.6) is 0 Å². The minimum atomic E-state index is -1.11. The van der Waals surface area contributed by atoms with Gasteiger partial charge in [0.2, 0.25) is 0 Å². The molecule has 1 N–H and O–H groups in total. The van der Waals surface area contributed by atoms with Gasteiger partial charge in [-0.1, -0.05) is 0 Å². The Balaban J connectivity index is 3.28. The monoisotopic (exact) mass is 194 g/mol. The highest BCUT2D eigenvalue weighted by atomic mass is 17.1. The van der Waals surface area contributed by atoms with Gasteiger partial charge in [-0.3, -0.25) is 4.89 Å². The number of hydrogen-bond donors (Lipinski definition) is 1. The summed E-state index contributed by atoms with van der Waals surface area (Å²) in [5.74, 6) is 0. The van der Waals surface area contributed by atoms with Crippen LogP contribution in [0.1, 0.15) is 12.8 Å². The highest BCUT2D eigenvalue weighted by molar-refractivity contribution is 5.58. The van der Waals surface area contributed by atoms with Gasteiger partial charge in [-0.15, -0.1) is 0 Å². The zero-order valence-electron chi connectivity index (χ0n) is 7.69. The first-order valence-corrected chi connectivity index (χ1v) is 3.78. The van der Waals surface area contributed by atoms with Crippen molar-refractivity contribution in [3.63, 3.8) is 0 Å². The van der Waals surface area contributed by atoms with Crippen molar-refractivity contribution < 1.29 is 29.1 Å². The molecule has 0 aromatic rings. The van der Waals surface area contributed by atoms with E-state index in [1.165, 1.54) is 14.2 Å². The van der Waals surface area contributed by atoms with E-state index in [9.17, 15) is 4.79 Å². The van der Waals surface area contributed by atoms with Crippen LogP contribution >= 0.6 is 0 Å². The average molecular weight is 194 g/mol. The SMILES string of the molecule is COC(CCCOC(=O)OO)OC. The number of ether oxygens (including phenoxy) is 3. The van der Waals surface area contributed by atoms with Gasteiger partial charge in [-0.05, 0) is 6.42 Å². The molecule has 0 heterocycles. The Morgan fingerprint density at radius 1 is 1.38 bits per heavy atom. The van der Waals surface area contributed by atoms with Gasteiger partial charge in [0.25, 0.3) is 0 Å². The Hall–Kier alpha value is -0.850. The van der Waals surface area contributed by atoms with Gasteiger partial charge in [0.05, 0.1) is 6.61 Å². The first kappa shape index (κ1) is 12.2. The van der Waals surface area contributed by atoms with Gasteiger partial charge in [0, 0.05) is 20.6 Å². The molecule has 0 aromatic carbocycles. The van der Waals surface area contributed by atoms with Gasteiger partial charge >= 0.3 is 6.16 Å². The van der Waals surface area contributed by atoms with Crippen molar-refractivity contribution in [2.24, 2.45) is 0 Å². The predicted octanol–water partition coefficient (Wildman–Crippen LogP) is 1.01. The summed E-state index contributed by atoms with van der Waals surface area (Å²) in [6.45, 7) is 0.155. The lowest BCUT2D eigenvalue weighted by molar-refractivity contribution is -0.201. The molecule has 0 unspecified atom stereocenters. The van der Waals surface area contributed by atoms with Crippen molar-refractivity contribution >= 4 is 6.16 Å². The largest absolute Gasteiger partial charge is 0.540 e. The first-order chi connectivity index (χ1) is 6.24. The number of hydrogen-bond acceptors (Lipinski definition) is 6. The van der Waals surface area contributed by atoms with Crippen LogP contribution in [0.4, 0.5) is 4.79 Å². The van der Waals surface area contributed by atoms with Crippen LogP contribution in [-0.2, 0) is 19.1 Å². The molecule has 78 valence electrons. The molecule has 0 spiro atoms. The molecule has 0 bridgehead atoms. The molecule has 6 nitrogen and oxygen atoms in total. The van der Waals surface area contributed by atoms with Crippen molar-refractivity contribution in [1.82, 2.24) is 0 Å². The lowest BCUT2D eigenvalue weighted by atomic mass is 10.3. The normalized spacial score (nSPS) is 10.2. The lowest BCUT2D eigenvalue weighted by Gasteiger charge is -2.12. The third-order valence-corrected chi connectivity index (χ3v) is 1.40. The fraction of sp³-hybridized carbons (Fsp3) is 0.857. The molecular formula is C7H14O6. The Kier molecular flexibility index (Phi) is 7.27. The zero-order valence-corrected chi connectivity index (χ0v) is 7.69. The van der Waals surface area contributed by atoms with Crippen LogP contribution < -0.4 is 0 Å². The Morgan fingerprint density at radius 3 is 2.46 bits per heavy atom. The maximum Gasteiger partial charge on any atom is 0.540 e. The zero-order chi connectivity index (χ0) is 10.1. The minimum Gasteiger partial charge on any atom is -0.432 e. The molecule has 0 aliphatic rings. The maximum atomic E-state index is 10.2. The Labute approximate surface area is 76.3 Å². The molecule has 0 saturated carbocycles. The fourth-order valence-electron chi connectivity index (χ4n) is 0.764. The molecule has 13 heavy (non-hydrogen) atoms. The lowest BCUT2D eigenvalue weighted by Crippen LogP contribution is -2.14. The van der Waals surface area contributed by atoms with E-state index in [1.54, 1.807) is 0 Å². The Morgan fingerprint density at radius 2 is 2.00 bits per heavy atom. The summed E-state index contributed by atoms with van der Waals surface area (Å²) in [5.41, 5.74) is 0. The maximum absolute atomic E-state index is 10.2. The van der Waals surface area contributed by atoms with Crippen LogP contribution in [0.2, 0.25) is 0 Å². The van der Waals surface area contributed by atoms with Crippen molar-refractivity contribution in [3.8, 4) is 0 Å². The Bertz CT molecular complexity index is 133. The van der Waals surface area contributed by atoms with Crippen LogP contribution in [0.3, 0.4) is 0 Å². The van der Waals surface area contributed by atoms with Crippen molar-refractivity contribution in [2.45, 2.75) is 19.1 Å². The molecule has 0 atom stereocenters. The minimum absolute atomic E-state index is 0.155. The molecule has 0 fully saturated rings. The average Bonchev–Trinajstić information content (AvgIpc) is 2.18. The highest BCUT2D eigenvalue weighted by Crippen LogP contribution is 2.01. The van der Waals surface area contributed by atoms with E-state index in [-0.39, 0.29) is 12.9 Å². The number of rotatable bonds is 6. The third-order valence-electron chi connectivity index (χ3n) is 1.40. The molecule has 0 rings (SSSR count). The van der Waals surface area contributed by atoms with Gasteiger partial charge in [0.15, 0.2) is 6.29 Å². The second kappa shape index (κ2) is 7.78. The molecule has 0 aliphatic heterocycles. The standard InChI is InChI=1S/C7H14O6/c1-10-6(11-2)4-3-5-12-7(8)13-9/h6,9H,3-5H2,1-2H3. The van der Waals surface area contributed by atoms with Gasteiger partial charge < -0.3 is 14.2 Å². The van der Waals surface area contributed by atoms with Crippen molar-refractivity contribution in [3.05, 3.63) is 0 Å². The van der Waals surface area contributed by atoms with E-state index in [0.29, 0.717) is 12.8 Å². The molecule has 0 aliphatic carbocycles. The van der Waals surface area contributed by atoms with E-state index in [0.717, 1.165) is 0 Å². The molecule has 6 heteroatoms. The number of carbonyl (C=O) groups is 1. The van der Waals surface area contributed by atoms with Crippen LogP contribution in [0.15, 0.2) is 0 Å². The quantitative estimate of drug-likeness (QED) is 0.223. The summed E-state index contributed by atoms with van der Waals surface area (Å²) < 4.78 is 14.2. The second-order valence-corrected chi connectivity index (χ2v) is 2.23. The summed E-state index contributed by atoms with van der Waals surface area (Å²) in [6.07, 6.45) is -0.229. The summed E-state index contributed by atoms with van der Waals surface area (Å²) in [6, 6.07) is 0. The van der Waals surface area contributed by atoms with Crippen LogP contribution in [0, 0.1) is 0 Å². The molecular weight excluding hydrogens is 180 g/mol. The molecule has 0 saturated heterocycles. The van der Waals surface area contributed by atoms with Crippen molar-refractivity contribution in [2.75, 3.05) is 20.8 Å². The topological polar surface area (TPSA) is 74.2 Å². The fourth-order valence-corrected chi connectivity index (χ4v) is 0.764. The molecule has 0 aromatic heterocycles. The van der Waals surface area contributed by atoms with E-state index >= 15 is 0 Å². The van der Waals surface area contributed by atoms with E-state index < -0.39 is 6.16 Å². The summed E-state index contributed by atoms with van der Waals surface area (Å²) >= 11 is 0. The van der Waals surface area contributed by atoms with Gasteiger partial charge in [0.1, 0.15) is 0 Å². The van der Waals surface area contributed by atoms with E-state index in [1.807, 2.05) is 0 Å². The summed E-state index contributed by atoms with van der Waals surface area (Å²) in [7, 11) is 3.05. The highest BCUT2D eigenvalue weighted by Gasteiger charge is 2.06. The second-order valence-electron chi connectivity index (χ2n) is 2.23. The van der Waals surface area contributed by atoms with E-state index in [2.05, 4.69) is 9.62 Å². The van der Waals surface area contributed by atoms with Crippen LogP contribution in [-0.4, -0.2) is 38.5 Å². The summed E-state index contributed by atoms with van der Waals surface area (Å²) in [5, 5.41) is 7.81. The van der Waals surface area contributed by atoms with Crippen molar-refractivity contribution in [1.29, 1.82) is 0 Å². The first-order valence-electron chi connectivity index (χ1n) is 3.78. The smallest absolute Gasteiger partial charge is 0.432 e. The predicted molar refractivity (Wildman–Crippen MR) is 42.1 cm³/mol. The summed E-state index contributed by atoms with van der Waals surface area (Å²) in [4.78, 5) is 13.5. The van der Waals surface area contributed by atoms with Gasteiger partial charge in [-0.25, -0.2) is 4.79 Å².